The second-order valence-corrected chi connectivity index (χ2v) is 6.29. The van der Waals surface area contributed by atoms with E-state index in [0.717, 1.165) is 0 Å². The Balaban J connectivity index is 2.68. The third-order valence-corrected chi connectivity index (χ3v) is 4.43. The number of aromatic amines is 1. The van der Waals surface area contributed by atoms with Crippen LogP contribution in [0, 0.1) is 10.1 Å². The van der Waals surface area contributed by atoms with Crippen molar-refractivity contribution in [2.45, 2.75) is 12.7 Å². The molecule has 0 fully saturated rings. The van der Waals surface area contributed by atoms with Crippen LogP contribution in [0.4, 0.5) is 5.69 Å². The molecule has 0 saturated carbocycles. The number of hydrogen-bond donors (Lipinski definition) is 1. The normalized spacial score (nSPS) is 11.8. The maximum atomic E-state index is 11.7. The summed E-state index contributed by atoms with van der Waals surface area (Å²) in [6.45, 7) is 1.53. The van der Waals surface area contributed by atoms with Crippen LogP contribution in [0.5, 0.6) is 0 Å². The van der Waals surface area contributed by atoms with Crippen molar-refractivity contribution in [1.82, 2.24) is 4.98 Å². The van der Waals surface area contributed by atoms with E-state index >= 15 is 0 Å². The molecule has 0 aliphatic carbocycles. The van der Waals surface area contributed by atoms with Crippen molar-refractivity contribution in [3.05, 3.63) is 40.1 Å². The summed E-state index contributed by atoms with van der Waals surface area (Å²) >= 11 is 0. The van der Waals surface area contributed by atoms with E-state index in [1.807, 2.05) is 0 Å². The molecule has 1 aromatic heterocycles. The van der Waals surface area contributed by atoms with Crippen LogP contribution in [0.2, 0.25) is 0 Å². The number of nitro groups is 1. The number of benzene rings is 1. The quantitative estimate of drug-likeness (QED) is 0.678. The van der Waals surface area contributed by atoms with Crippen LogP contribution >= 0.6 is 0 Å². The van der Waals surface area contributed by atoms with Crippen molar-refractivity contribution in [2.24, 2.45) is 0 Å². The first-order valence-corrected chi connectivity index (χ1v) is 7.20. The second kappa shape index (κ2) is 4.41. The maximum Gasteiger partial charge on any atom is 0.274 e. The Kier molecular flexibility index (Phi) is 3.08. The number of nitro benzene ring substituents is 1. The van der Waals surface area contributed by atoms with E-state index in [-0.39, 0.29) is 22.8 Å². The monoisotopic (exact) mass is 268 g/mol. The predicted molar refractivity (Wildman–Crippen MR) is 68.1 cm³/mol. The zero-order chi connectivity index (χ0) is 13.3. The Bertz CT molecular complexity index is 703. The lowest BCUT2D eigenvalue weighted by Gasteiger charge is -2.05. The van der Waals surface area contributed by atoms with Gasteiger partial charge in [-0.25, -0.2) is 8.42 Å². The minimum Gasteiger partial charge on any atom is -0.361 e. The molecule has 2 aromatic rings. The average Bonchev–Trinajstić information content (AvgIpc) is 2.77. The van der Waals surface area contributed by atoms with Crippen molar-refractivity contribution in [3.63, 3.8) is 0 Å². The first-order chi connectivity index (χ1) is 8.44. The van der Waals surface area contributed by atoms with Gasteiger partial charge in [0.25, 0.3) is 5.69 Å². The number of H-pyrrole nitrogens is 1. The number of nitrogens with zero attached hydrogens (tertiary/aromatic N) is 1. The van der Waals surface area contributed by atoms with E-state index in [4.69, 9.17) is 0 Å². The third-order valence-electron chi connectivity index (χ3n) is 2.82. The van der Waals surface area contributed by atoms with Gasteiger partial charge in [-0.3, -0.25) is 10.1 Å². The number of fused-ring (bicyclic) bond motifs is 1. The highest BCUT2D eigenvalue weighted by Gasteiger charge is 2.22. The molecule has 1 N–H and O–H groups in total. The summed E-state index contributed by atoms with van der Waals surface area (Å²) in [4.78, 5) is 13.3. The first-order valence-electron chi connectivity index (χ1n) is 5.38. The Morgan fingerprint density at radius 3 is 2.67 bits per heavy atom. The van der Waals surface area contributed by atoms with Gasteiger partial charge in [-0.2, -0.15) is 0 Å². The lowest BCUT2D eigenvalue weighted by atomic mass is 10.1. The lowest BCUT2D eigenvalue weighted by Crippen LogP contribution is -2.08. The van der Waals surface area contributed by atoms with Gasteiger partial charge in [0.05, 0.1) is 16.2 Å². The highest BCUT2D eigenvalue weighted by molar-refractivity contribution is 7.90. The molecule has 1 heterocycles. The maximum absolute atomic E-state index is 11.7. The molecule has 0 bridgehead atoms. The van der Waals surface area contributed by atoms with Gasteiger partial charge in [0.1, 0.15) is 0 Å². The number of hydrogen-bond acceptors (Lipinski definition) is 4. The molecule has 0 aliphatic heterocycles. The summed E-state index contributed by atoms with van der Waals surface area (Å²) in [5, 5.41) is 11.5. The highest BCUT2D eigenvalue weighted by Crippen LogP contribution is 2.29. The standard InChI is InChI=1S/C11H12N2O4S/c1-2-18(16,17)7-9-8-5-6-12-10(8)3-4-11(9)13(14)15/h3-6,12H,2,7H2,1H3. The van der Waals surface area contributed by atoms with E-state index in [0.29, 0.717) is 10.9 Å². The average molecular weight is 268 g/mol. The van der Waals surface area contributed by atoms with Crippen molar-refractivity contribution in [3.8, 4) is 0 Å². The minimum atomic E-state index is -3.32. The smallest absolute Gasteiger partial charge is 0.274 e. The molecule has 96 valence electrons. The first kappa shape index (κ1) is 12.6. The summed E-state index contributed by atoms with van der Waals surface area (Å²) in [5.74, 6) is -0.347. The van der Waals surface area contributed by atoms with Crippen LogP contribution in [0.15, 0.2) is 24.4 Å². The Morgan fingerprint density at radius 1 is 1.33 bits per heavy atom. The highest BCUT2D eigenvalue weighted by atomic mass is 32.2. The Hall–Kier alpha value is -1.89. The molecule has 6 nitrogen and oxygen atoms in total. The fourth-order valence-electron chi connectivity index (χ4n) is 1.83. The molecule has 0 saturated heterocycles. The van der Waals surface area contributed by atoms with Gasteiger partial charge in [0.15, 0.2) is 9.84 Å². The van der Waals surface area contributed by atoms with Crippen molar-refractivity contribution >= 4 is 26.4 Å². The van der Waals surface area contributed by atoms with Gasteiger partial charge >= 0.3 is 0 Å². The molecule has 0 atom stereocenters. The largest absolute Gasteiger partial charge is 0.361 e. The molecule has 1 aromatic carbocycles. The van der Waals surface area contributed by atoms with E-state index in [1.54, 1.807) is 18.3 Å². The van der Waals surface area contributed by atoms with E-state index in [1.165, 1.54) is 13.0 Å². The summed E-state index contributed by atoms with van der Waals surface area (Å²) in [7, 11) is -3.32. The topological polar surface area (TPSA) is 93.1 Å². The van der Waals surface area contributed by atoms with Crippen molar-refractivity contribution in [1.29, 1.82) is 0 Å². The Morgan fingerprint density at radius 2 is 2.06 bits per heavy atom. The van der Waals surface area contributed by atoms with Gasteiger partial charge in [-0.05, 0) is 12.1 Å². The summed E-state index contributed by atoms with van der Waals surface area (Å²) in [5.41, 5.74) is 0.793. The molecule has 0 spiro atoms. The van der Waals surface area contributed by atoms with Crippen LogP contribution in [0.25, 0.3) is 10.9 Å². The third kappa shape index (κ3) is 2.21. The summed E-state index contributed by atoms with van der Waals surface area (Å²) in [6, 6.07) is 4.57. The van der Waals surface area contributed by atoms with Gasteiger partial charge in [0, 0.05) is 28.9 Å². The molecule has 2 rings (SSSR count). The van der Waals surface area contributed by atoms with Crippen molar-refractivity contribution in [2.75, 3.05) is 5.75 Å². The molecular weight excluding hydrogens is 256 g/mol. The van der Waals surface area contributed by atoms with Crippen LogP contribution in [0.3, 0.4) is 0 Å². The van der Waals surface area contributed by atoms with Crippen LogP contribution in [-0.4, -0.2) is 24.1 Å². The molecule has 18 heavy (non-hydrogen) atoms. The Labute approximate surface area is 104 Å². The predicted octanol–water partition coefficient (Wildman–Crippen LogP) is 2.01. The van der Waals surface area contributed by atoms with Gasteiger partial charge in [0.2, 0.25) is 0 Å². The molecule has 0 amide bonds. The zero-order valence-electron chi connectivity index (χ0n) is 9.71. The molecule has 7 heteroatoms. The number of rotatable bonds is 4. The van der Waals surface area contributed by atoms with Gasteiger partial charge < -0.3 is 4.98 Å². The SMILES string of the molecule is CCS(=O)(=O)Cc1c([N+](=O)[O-])ccc2[nH]ccc12. The van der Waals surface area contributed by atoms with Crippen LogP contribution in [0.1, 0.15) is 12.5 Å². The molecular formula is C11H12N2O4S. The fourth-order valence-corrected chi connectivity index (χ4v) is 2.78. The van der Waals surface area contributed by atoms with Crippen molar-refractivity contribution < 1.29 is 13.3 Å². The number of aromatic nitrogens is 1. The fraction of sp³-hybridized carbons (Fsp3) is 0.273. The number of nitrogens with one attached hydrogen (secondary N) is 1. The molecule has 0 aliphatic rings. The van der Waals surface area contributed by atoms with Crippen LogP contribution in [-0.2, 0) is 15.6 Å². The van der Waals surface area contributed by atoms with E-state index in [9.17, 15) is 18.5 Å². The van der Waals surface area contributed by atoms with Gasteiger partial charge in [-0.1, -0.05) is 6.92 Å². The summed E-state index contributed by atoms with van der Waals surface area (Å²) in [6.07, 6.45) is 1.64. The second-order valence-electron chi connectivity index (χ2n) is 3.94. The lowest BCUT2D eigenvalue weighted by molar-refractivity contribution is -0.385. The van der Waals surface area contributed by atoms with Crippen LogP contribution < -0.4 is 0 Å². The molecule has 0 radical (unpaired) electrons. The van der Waals surface area contributed by atoms with Gasteiger partial charge in [-0.15, -0.1) is 0 Å². The molecule has 0 unspecified atom stereocenters. The van der Waals surface area contributed by atoms with E-state index in [2.05, 4.69) is 4.98 Å². The number of sulfone groups is 1. The zero-order valence-corrected chi connectivity index (χ0v) is 10.5. The minimum absolute atomic E-state index is 0.0367. The summed E-state index contributed by atoms with van der Waals surface area (Å²) < 4.78 is 23.4. The van der Waals surface area contributed by atoms with E-state index < -0.39 is 14.8 Å².